The molecule has 2 aliphatic rings. The highest BCUT2D eigenvalue weighted by Gasteiger charge is 2.42. The van der Waals surface area contributed by atoms with Crippen molar-refractivity contribution in [3.8, 4) is 17.0 Å². The molecule has 1 unspecified atom stereocenters. The second-order valence-corrected chi connectivity index (χ2v) is 10.8. The average molecular weight is 599 g/mol. The summed E-state index contributed by atoms with van der Waals surface area (Å²) < 4.78 is 27.0. The van der Waals surface area contributed by atoms with E-state index in [4.69, 9.17) is 15.2 Å². The number of aromatic nitrogens is 1. The van der Waals surface area contributed by atoms with Crippen LogP contribution < -0.4 is 26.2 Å². The van der Waals surface area contributed by atoms with Crippen LogP contribution in [0.2, 0.25) is 0 Å². The highest BCUT2D eigenvalue weighted by molar-refractivity contribution is 5.96. The molecular weight excluding hydrogens is 563 g/mol. The number of carbonyl (C=O) groups excluding carboxylic acids is 2. The first kappa shape index (κ1) is 31.4. The molecule has 5 N–H and O–H groups in total. The Labute approximate surface area is 250 Å². The number of halogens is 2. The van der Waals surface area contributed by atoms with Crippen molar-refractivity contribution >= 4 is 24.3 Å². The van der Waals surface area contributed by atoms with Crippen molar-refractivity contribution in [1.82, 2.24) is 10.3 Å². The third-order valence-corrected chi connectivity index (χ3v) is 7.94. The minimum Gasteiger partial charge on any atom is -0.545 e. The summed E-state index contributed by atoms with van der Waals surface area (Å²) >= 11 is 0. The van der Waals surface area contributed by atoms with Gasteiger partial charge in [-0.2, -0.15) is 0 Å². The van der Waals surface area contributed by atoms with Crippen molar-refractivity contribution in [3.63, 3.8) is 0 Å². The number of pyridine rings is 1. The number of benzene rings is 2. The van der Waals surface area contributed by atoms with E-state index in [1.807, 2.05) is 35.6 Å². The zero-order valence-electron chi connectivity index (χ0n) is 23.4. The first-order valence-electron chi connectivity index (χ1n) is 14.0. The summed E-state index contributed by atoms with van der Waals surface area (Å²) in [6, 6.07) is 14.1. The SMILES string of the molecule is Cc1c(C(=O)[O-])ccc(-c2ccccc2)c1CC1(Oc2ncc(F)cc2C(=O)NC2CCC(N)CC2)C[NH2+]CCO1.Cl. The molecule has 1 aliphatic carbocycles. The second-order valence-electron chi connectivity index (χ2n) is 10.8. The van der Waals surface area contributed by atoms with E-state index in [1.54, 1.807) is 19.1 Å². The van der Waals surface area contributed by atoms with Crippen LogP contribution >= 0.6 is 12.4 Å². The monoisotopic (exact) mass is 598 g/mol. The molecule has 0 spiro atoms. The Balaban J connectivity index is 0.00000405. The number of ether oxygens (including phenoxy) is 2. The molecule has 1 saturated carbocycles. The van der Waals surface area contributed by atoms with Gasteiger partial charge in [0.2, 0.25) is 5.88 Å². The number of nitrogens with two attached hydrogens (primary N) is 2. The van der Waals surface area contributed by atoms with Gasteiger partial charge >= 0.3 is 0 Å². The summed E-state index contributed by atoms with van der Waals surface area (Å²) in [5.74, 6) is -3.79. The van der Waals surface area contributed by atoms with Crippen LogP contribution in [0.15, 0.2) is 54.7 Å². The number of nitrogens with zero attached hydrogens (tertiary/aromatic N) is 1. The summed E-state index contributed by atoms with van der Waals surface area (Å²) in [4.78, 5) is 29.4. The third-order valence-electron chi connectivity index (χ3n) is 7.94. The van der Waals surface area contributed by atoms with Gasteiger partial charge < -0.3 is 35.7 Å². The average Bonchev–Trinajstić information content (AvgIpc) is 2.97. The van der Waals surface area contributed by atoms with Gasteiger partial charge in [-0.3, -0.25) is 4.79 Å². The lowest BCUT2D eigenvalue weighted by atomic mass is 9.88. The van der Waals surface area contributed by atoms with Crippen molar-refractivity contribution in [1.29, 1.82) is 0 Å². The van der Waals surface area contributed by atoms with Crippen LogP contribution in [0.3, 0.4) is 0 Å². The molecule has 0 bridgehead atoms. The van der Waals surface area contributed by atoms with Gasteiger partial charge in [0.05, 0.1) is 18.7 Å². The fourth-order valence-corrected chi connectivity index (χ4v) is 5.68. The molecular formula is C31H36ClFN4O5. The lowest BCUT2D eigenvalue weighted by Gasteiger charge is -2.36. The summed E-state index contributed by atoms with van der Waals surface area (Å²) in [7, 11) is 0. The predicted octanol–water partition coefficient (Wildman–Crippen LogP) is 1.89. The number of aromatic carboxylic acids is 1. The van der Waals surface area contributed by atoms with Crippen molar-refractivity contribution in [3.05, 3.63) is 82.8 Å². The summed E-state index contributed by atoms with van der Waals surface area (Å²) in [6.07, 6.45) is 4.24. The number of carbonyl (C=O) groups is 2. The molecule has 3 aromatic rings. The molecule has 0 radical (unpaired) electrons. The smallest absolute Gasteiger partial charge is 0.265 e. The quantitative estimate of drug-likeness (QED) is 0.359. The molecule has 2 heterocycles. The van der Waals surface area contributed by atoms with Gasteiger partial charge in [-0.1, -0.05) is 42.5 Å². The van der Waals surface area contributed by atoms with Crippen LogP contribution in [0.1, 0.15) is 57.5 Å². The molecule has 42 heavy (non-hydrogen) atoms. The van der Waals surface area contributed by atoms with E-state index in [0.29, 0.717) is 30.8 Å². The van der Waals surface area contributed by atoms with Gasteiger partial charge in [-0.05, 0) is 60.9 Å². The minimum atomic E-state index is -1.31. The Morgan fingerprint density at radius 2 is 1.90 bits per heavy atom. The molecule has 1 aromatic heterocycles. The lowest BCUT2D eigenvalue weighted by Crippen LogP contribution is -2.92. The zero-order valence-corrected chi connectivity index (χ0v) is 24.3. The van der Waals surface area contributed by atoms with Gasteiger partial charge in [0, 0.05) is 24.1 Å². The maximum Gasteiger partial charge on any atom is 0.265 e. The maximum absolute atomic E-state index is 14.4. The van der Waals surface area contributed by atoms with Crippen LogP contribution in [0.4, 0.5) is 4.39 Å². The minimum absolute atomic E-state index is 0. The van der Waals surface area contributed by atoms with Crippen molar-refractivity contribution in [2.24, 2.45) is 5.73 Å². The normalized spacial score (nSPS) is 22.1. The number of morpholine rings is 1. The standard InChI is InChI=1S/C31H35FN4O5.ClH/c1-19-24(30(38)39)11-12-25(20-5-3-2-4-6-20)27(19)16-31(18-34-13-14-40-31)41-29-26(15-21(32)17-35-29)28(37)36-23-9-7-22(33)8-10-23;/h2-6,11-12,15,17,22-23,34H,7-10,13-14,16,18,33H2,1H3,(H,36,37)(H,38,39);1H. The van der Waals surface area contributed by atoms with Crippen molar-refractivity contribution in [2.75, 3.05) is 19.7 Å². The number of carboxylic acids is 1. The Hall–Kier alpha value is -3.57. The summed E-state index contributed by atoms with van der Waals surface area (Å²) in [6.45, 7) is 3.13. The van der Waals surface area contributed by atoms with E-state index in [9.17, 15) is 19.1 Å². The number of hydrogen-bond acceptors (Lipinski definition) is 7. The number of carboxylic acid groups (broad SMARTS) is 1. The number of rotatable bonds is 8. The Morgan fingerprint density at radius 3 is 2.57 bits per heavy atom. The molecule has 1 saturated heterocycles. The van der Waals surface area contributed by atoms with Crippen LogP contribution in [-0.4, -0.2) is 54.4 Å². The Bertz CT molecular complexity index is 1410. The highest BCUT2D eigenvalue weighted by atomic mass is 35.5. The first-order valence-corrected chi connectivity index (χ1v) is 14.0. The largest absolute Gasteiger partial charge is 0.545 e. The van der Waals surface area contributed by atoms with Crippen LogP contribution in [0.5, 0.6) is 5.88 Å². The number of quaternary nitrogens is 1. The molecule has 11 heteroatoms. The molecule has 224 valence electrons. The Morgan fingerprint density at radius 1 is 1.17 bits per heavy atom. The third kappa shape index (κ3) is 7.07. The fraction of sp³-hybridized carbons (Fsp3) is 0.387. The van der Waals surface area contributed by atoms with E-state index in [1.165, 1.54) is 0 Å². The first-order chi connectivity index (χ1) is 19.7. The summed E-state index contributed by atoms with van der Waals surface area (Å²) in [5, 5.41) is 16.9. The van der Waals surface area contributed by atoms with Crippen LogP contribution in [0.25, 0.3) is 11.1 Å². The van der Waals surface area contributed by atoms with E-state index in [2.05, 4.69) is 10.3 Å². The number of hydrogen-bond donors (Lipinski definition) is 3. The molecule has 2 fully saturated rings. The topological polar surface area (TPSA) is 143 Å². The molecule has 5 rings (SSSR count). The van der Waals surface area contributed by atoms with Crippen LogP contribution in [-0.2, 0) is 11.2 Å². The Kier molecular flexibility index (Phi) is 10.2. The molecule has 2 aromatic carbocycles. The van der Waals surface area contributed by atoms with Gasteiger partial charge in [0.1, 0.15) is 24.5 Å². The second kappa shape index (κ2) is 13.6. The fourth-order valence-electron chi connectivity index (χ4n) is 5.68. The predicted molar refractivity (Wildman–Crippen MR) is 155 cm³/mol. The molecule has 1 amide bonds. The zero-order chi connectivity index (χ0) is 29.0. The molecule has 1 aliphatic heterocycles. The van der Waals surface area contributed by atoms with Gasteiger partial charge in [0.25, 0.3) is 11.7 Å². The maximum atomic E-state index is 14.4. The van der Waals surface area contributed by atoms with Gasteiger partial charge in [-0.25, -0.2) is 9.37 Å². The van der Waals surface area contributed by atoms with E-state index < -0.39 is 23.5 Å². The van der Waals surface area contributed by atoms with Gasteiger partial charge in [0.15, 0.2) is 0 Å². The molecule has 9 nitrogen and oxygen atoms in total. The lowest BCUT2D eigenvalue weighted by molar-refractivity contribution is -0.695. The van der Waals surface area contributed by atoms with E-state index >= 15 is 0 Å². The van der Waals surface area contributed by atoms with Crippen molar-refractivity contribution < 1.29 is 33.9 Å². The summed E-state index contributed by atoms with van der Waals surface area (Å²) in [5.41, 5.74) is 9.01. The molecule has 1 atom stereocenters. The number of nitrogens with one attached hydrogen (secondary N) is 1. The van der Waals surface area contributed by atoms with Crippen molar-refractivity contribution in [2.45, 2.75) is 56.9 Å². The van der Waals surface area contributed by atoms with E-state index in [-0.39, 0.29) is 47.9 Å². The number of amides is 1. The van der Waals surface area contributed by atoms with Crippen LogP contribution in [0, 0.1) is 12.7 Å². The van der Waals surface area contributed by atoms with Gasteiger partial charge in [-0.15, -0.1) is 12.4 Å². The van der Waals surface area contributed by atoms with E-state index in [0.717, 1.165) is 49.1 Å². The highest BCUT2D eigenvalue weighted by Crippen LogP contribution is 2.34.